The molecule has 0 saturated carbocycles. The Morgan fingerprint density at radius 3 is 2.55 bits per heavy atom. The van der Waals surface area contributed by atoms with Gasteiger partial charge in [0.25, 0.3) is 0 Å². The topological polar surface area (TPSA) is 94.3 Å². The number of amides is 1. The molecule has 1 aliphatic heterocycles. The van der Waals surface area contributed by atoms with Gasteiger partial charge < -0.3 is 30.0 Å². The van der Waals surface area contributed by atoms with Gasteiger partial charge in [0.15, 0.2) is 11.5 Å². The zero-order valence-electron chi connectivity index (χ0n) is 20.6. The van der Waals surface area contributed by atoms with Crippen molar-refractivity contribution < 1.29 is 24.1 Å². The second-order valence-corrected chi connectivity index (χ2v) is 9.15. The smallest absolute Gasteiger partial charge is 0.222 e. The molecule has 2 rings (SSSR count). The van der Waals surface area contributed by atoms with E-state index >= 15 is 0 Å². The van der Waals surface area contributed by atoms with Gasteiger partial charge in [0, 0.05) is 45.7 Å². The van der Waals surface area contributed by atoms with Crippen molar-refractivity contribution in [2.75, 3.05) is 40.5 Å². The summed E-state index contributed by atoms with van der Waals surface area (Å²) < 4.78 is 16.4. The molecule has 33 heavy (non-hydrogen) atoms. The number of β-amino-alcohol motifs (C(OH)–C–C–N with tert-alkyl or cyclic N) is 1. The molecule has 0 bridgehead atoms. The minimum Gasteiger partial charge on any atom is -0.493 e. The molecule has 3 unspecified atom stereocenters. The summed E-state index contributed by atoms with van der Waals surface area (Å²) in [6, 6.07) is 5.66. The molecular formula is C25H43ClN2O5. The molecule has 0 radical (unpaired) electrons. The van der Waals surface area contributed by atoms with Crippen molar-refractivity contribution in [3.63, 3.8) is 0 Å². The number of ether oxygens (including phenoxy) is 3. The van der Waals surface area contributed by atoms with E-state index in [1.807, 2.05) is 12.1 Å². The van der Waals surface area contributed by atoms with Crippen molar-refractivity contribution >= 4 is 18.3 Å². The summed E-state index contributed by atoms with van der Waals surface area (Å²) >= 11 is 0. The van der Waals surface area contributed by atoms with Gasteiger partial charge in [-0.1, -0.05) is 19.9 Å². The van der Waals surface area contributed by atoms with E-state index in [0.717, 1.165) is 43.5 Å². The van der Waals surface area contributed by atoms with E-state index in [2.05, 4.69) is 19.9 Å². The van der Waals surface area contributed by atoms with Crippen LogP contribution in [0.1, 0.15) is 51.5 Å². The maximum absolute atomic E-state index is 12.1. The number of rotatable bonds is 14. The van der Waals surface area contributed by atoms with Gasteiger partial charge in [0.05, 0.1) is 19.8 Å². The van der Waals surface area contributed by atoms with Gasteiger partial charge in [-0.25, -0.2) is 0 Å². The van der Waals surface area contributed by atoms with Gasteiger partial charge in [0.1, 0.15) is 0 Å². The maximum atomic E-state index is 12.1. The first-order valence-corrected chi connectivity index (χ1v) is 11.9. The molecule has 1 aromatic rings. The zero-order valence-corrected chi connectivity index (χ0v) is 21.4. The first-order chi connectivity index (χ1) is 15.3. The van der Waals surface area contributed by atoms with Crippen LogP contribution in [0.5, 0.6) is 11.5 Å². The number of methoxy groups -OCH3 is 2. The highest BCUT2D eigenvalue weighted by molar-refractivity contribution is 5.85. The highest BCUT2D eigenvalue weighted by Crippen LogP contribution is 2.31. The molecular weight excluding hydrogens is 444 g/mol. The Morgan fingerprint density at radius 1 is 1.15 bits per heavy atom. The molecule has 190 valence electrons. The first kappa shape index (κ1) is 29.5. The zero-order chi connectivity index (χ0) is 23.5. The second-order valence-electron chi connectivity index (χ2n) is 9.15. The van der Waals surface area contributed by atoms with Crippen LogP contribution in [0.4, 0.5) is 0 Å². The Hall–Kier alpha value is -1.54. The first-order valence-electron chi connectivity index (χ1n) is 11.9. The number of aliphatic hydroxyl groups excluding tert-OH is 1. The molecule has 0 spiro atoms. The third-order valence-corrected chi connectivity index (χ3v) is 6.32. The number of piperidine rings is 1. The van der Waals surface area contributed by atoms with Gasteiger partial charge in [-0.05, 0) is 55.2 Å². The normalized spacial score (nSPS) is 16.8. The Labute approximate surface area is 205 Å². The van der Waals surface area contributed by atoms with Crippen LogP contribution in [-0.4, -0.2) is 68.6 Å². The molecule has 1 saturated heterocycles. The largest absolute Gasteiger partial charge is 0.493 e. The highest BCUT2D eigenvalue weighted by Gasteiger charge is 2.27. The van der Waals surface area contributed by atoms with Crippen molar-refractivity contribution in [2.24, 2.45) is 17.6 Å². The summed E-state index contributed by atoms with van der Waals surface area (Å²) in [5.41, 5.74) is 7.55. The molecule has 1 heterocycles. The summed E-state index contributed by atoms with van der Waals surface area (Å²) in [4.78, 5) is 13.8. The fourth-order valence-corrected chi connectivity index (χ4v) is 4.16. The number of carbonyl (C=O) groups is 1. The summed E-state index contributed by atoms with van der Waals surface area (Å²) in [5.74, 6) is 2.27. The number of carbonyl (C=O) groups excluding carboxylic acids is 1. The minimum absolute atomic E-state index is 0. The summed E-state index contributed by atoms with van der Waals surface area (Å²) in [7, 11) is 3.32. The highest BCUT2D eigenvalue weighted by atomic mass is 35.5. The summed E-state index contributed by atoms with van der Waals surface area (Å²) in [6.45, 7) is 6.63. The molecule has 0 aliphatic carbocycles. The third kappa shape index (κ3) is 9.69. The lowest BCUT2D eigenvalue weighted by molar-refractivity contribution is -0.135. The van der Waals surface area contributed by atoms with Gasteiger partial charge in [-0.3, -0.25) is 4.79 Å². The Kier molecular flexibility index (Phi) is 13.7. The second kappa shape index (κ2) is 15.4. The van der Waals surface area contributed by atoms with Crippen LogP contribution in [0.2, 0.25) is 0 Å². The van der Waals surface area contributed by atoms with Gasteiger partial charge in [-0.15, -0.1) is 12.4 Å². The number of likely N-dealkylation sites (tertiary alicyclic amines) is 1. The number of hydrogen-bond donors (Lipinski definition) is 2. The quantitative estimate of drug-likeness (QED) is 0.391. The summed E-state index contributed by atoms with van der Waals surface area (Å²) in [6.07, 6.45) is 4.13. The van der Waals surface area contributed by atoms with Gasteiger partial charge >= 0.3 is 0 Å². The van der Waals surface area contributed by atoms with Crippen LogP contribution in [-0.2, 0) is 16.0 Å². The van der Waals surface area contributed by atoms with E-state index in [-0.39, 0.29) is 24.4 Å². The molecule has 3 N–H and O–H groups in total. The van der Waals surface area contributed by atoms with Crippen molar-refractivity contribution in [3.8, 4) is 11.5 Å². The number of benzene rings is 1. The molecule has 1 amide bonds. The lowest BCUT2D eigenvalue weighted by atomic mass is 9.83. The van der Waals surface area contributed by atoms with Crippen LogP contribution in [0.15, 0.2) is 18.2 Å². The predicted molar refractivity (Wildman–Crippen MR) is 133 cm³/mol. The van der Waals surface area contributed by atoms with E-state index < -0.39 is 6.10 Å². The van der Waals surface area contributed by atoms with Crippen molar-refractivity contribution in [2.45, 2.75) is 64.5 Å². The van der Waals surface area contributed by atoms with Crippen LogP contribution in [0.25, 0.3) is 0 Å². The van der Waals surface area contributed by atoms with Gasteiger partial charge in [-0.2, -0.15) is 0 Å². The van der Waals surface area contributed by atoms with Crippen molar-refractivity contribution in [1.29, 1.82) is 0 Å². The molecule has 1 fully saturated rings. The molecule has 1 aromatic carbocycles. The Balaban J connectivity index is 0.00000544. The maximum Gasteiger partial charge on any atom is 0.222 e. The fourth-order valence-electron chi connectivity index (χ4n) is 4.16. The number of nitrogens with zero attached hydrogens (tertiary/aromatic N) is 1. The standard InChI is InChI=1S/C25H42N2O5.ClH/c1-18(2)20(16-21(26)22(28)17-27-11-6-5-8-25(27)29)14-19-9-10-23(31-4)24(15-19)32-13-7-12-30-3;/h9-10,15,18,20-22,28H,5-8,11-14,16-17,26H2,1-4H3;1H. The van der Waals surface area contributed by atoms with E-state index in [9.17, 15) is 9.90 Å². The van der Waals surface area contributed by atoms with E-state index in [0.29, 0.717) is 50.2 Å². The fraction of sp³-hybridized carbons (Fsp3) is 0.720. The van der Waals surface area contributed by atoms with Crippen LogP contribution < -0.4 is 15.2 Å². The minimum atomic E-state index is -0.714. The number of hydrogen-bond acceptors (Lipinski definition) is 6. The van der Waals surface area contributed by atoms with E-state index in [4.69, 9.17) is 19.9 Å². The average molecular weight is 487 g/mol. The van der Waals surface area contributed by atoms with Gasteiger partial charge in [0.2, 0.25) is 5.91 Å². The average Bonchev–Trinajstić information content (AvgIpc) is 2.77. The van der Waals surface area contributed by atoms with Crippen LogP contribution in [0.3, 0.4) is 0 Å². The van der Waals surface area contributed by atoms with Crippen LogP contribution >= 0.6 is 12.4 Å². The third-order valence-electron chi connectivity index (χ3n) is 6.32. The predicted octanol–water partition coefficient (Wildman–Crippen LogP) is 3.44. The molecule has 7 nitrogen and oxygen atoms in total. The lowest BCUT2D eigenvalue weighted by Gasteiger charge is -2.32. The van der Waals surface area contributed by atoms with Crippen LogP contribution in [0, 0.1) is 11.8 Å². The summed E-state index contributed by atoms with van der Waals surface area (Å²) in [5, 5.41) is 10.7. The number of halogens is 1. The molecule has 8 heteroatoms. The molecule has 1 aliphatic rings. The number of aliphatic hydroxyl groups is 1. The number of nitrogens with two attached hydrogens (primary N) is 1. The Bertz CT molecular complexity index is 703. The van der Waals surface area contributed by atoms with E-state index in [1.54, 1.807) is 19.1 Å². The molecule has 0 aromatic heterocycles. The van der Waals surface area contributed by atoms with Crippen molar-refractivity contribution in [1.82, 2.24) is 4.90 Å². The molecule has 3 atom stereocenters. The Morgan fingerprint density at radius 2 is 1.91 bits per heavy atom. The van der Waals surface area contributed by atoms with E-state index in [1.165, 1.54) is 0 Å². The monoisotopic (exact) mass is 486 g/mol. The van der Waals surface area contributed by atoms with Crippen molar-refractivity contribution in [3.05, 3.63) is 23.8 Å². The SMILES string of the molecule is COCCCOc1cc(CC(CC(N)C(O)CN2CCCCC2=O)C(C)C)ccc1OC.Cl. The lowest BCUT2D eigenvalue weighted by Crippen LogP contribution is -2.48.